The van der Waals surface area contributed by atoms with Crippen molar-refractivity contribution in [2.45, 2.75) is 52.1 Å². The lowest BCUT2D eigenvalue weighted by atomic mass is 10.1. The van der Waals surface area contributed by atoms with Gasteiger partial charge in [0.25, 0.3) is 0 Å². The third kappa shape index (κ3) is 3.03. The summed E-state index contributed by atoms with van der Waals surface area (Å²) in [6.07, 6.45) is 6.48. The Balaban J connectivity index is 2.42. The van der Waals surface area contributed by atoms with Crippen LogP contribution in [-0.2, 0) is 4.79 Å². The number of carboxylic acids is 1. The molecule has 1 fully saturated rings. The maximum absolute atomic E-state index is 10.8. The molecule has 2 atom stereocenters. The minimum atomic E-state index is -0.904. The van der Waals surface area contributed by atoms with Gasteiger partial charge in [0.05, 0.1) is 0 Å². The van der Waals surface area contributed by atoms with Gasteiger partial charge in [-0.3, -0.25) is 0 Å². The molecule has 1 N–H and O–H groups in total. The van der Waals surface area contributed by atoms with Crippen molar-refractivity contribution < 1.29 is 9.90 Å². The highest BCUT2D eigenvalue weighted by atomic mass is 16.4. The highest BCUT2D eigenvalue weighted by Gasteiger charge is 2.30. The Kier molecular flexibility index (Phi) is 4.48. The zero-order valence-corrected chi connectivity index (χ0v) is 12.5. The molecular formula is C17H23NO2. The summed E-state index contributed by atoms with van der Waals surface area (Å²) in [5.41, 5.74) is 3.31. The topological polar surface area (TPSA) is 40.5 Å². The van der Waals surface area contributed by atoms with Crippen molar-refractivity contribution in [1.29, 1.82) is 0 Å². The molecule has 2 unspecified atom stereocenters. The molecule has 0 aromatic heterocycles. The highest BCUT2D eigenvalue weighted by molar-refractivity contribution is 5.87. The van der Waals surface area contributed by atoms with Gasteiger partial charge in [-0.25, -0.2) is 4.79 Å². The fraction of sp³-hybridized carbons (Fsp3) is 0.471. The summed E-state index contributed by atoms with van der Waals surface area (Å²) in [5, 5.41) is 8.85. The van der Waals surface area contributed by atoms with Crippen LogP contribution >= 0.6 is 0 Å². The summed E-state index contributed by atoms with van der Waals surface area (Å²) in [6, 6.07) is 7.36. The third-order valence-electron chi connectivity index (χ3n) is 4.12. The van der Waals surface area contributed by atoms with Crippen molar-refractivity contribution in [2.24, 2.45) is 0 Å². The van der Waals surface area contributed by atoms with Crippen LogP contribution in [0.5, 0.6) is 0 Å². The van der Waals surface area contributed by atoms with Crippen LogP contribution < -0.4 is 4.90 Å². The quantitative estimate of drug-likeness (QED) is 0.847. The van der Waals surface area contributed by atoms with Crippen molar-refractivity contribution in [1.82, 2.24) is 0 Å². The van der Waals surface area contributed by atoms with Gasteiger partial charge in [0, 0.05) is 23.8 Å². The second-order valence-corrected chi connectivity index (χ2v) is 5.63. The second-order valence-electron chi connectivity index (χ2n) is 5.63. The van der Waals surface area contributed by atoms with E-state index in [2.05, 4.69) is 36.9 Å². The number of benzene rings is 1. The van der Waals surface area contributed by atoms with E-state index < -0.39 is 5.97 Å². The summed E-state index contributed by atoms with van der Waals surface area (Å²) in [6.45, 7) is 6.50. The van der Waals surface area contributed by atoms with Gasteiger partial charge in [-0.2, -0.15) is 0 Å². The van der Waals surface area contributed by atoms with Gasteiger partial charge in [-0.15, -0.1) is 0 Å². The zero-order valence-electron chi connectivity index (χ0n) is 12.5. The van der Waals surface area contributed by atoms with E-state index in [0.29, 0.717) is 12.1 Å². The number of carboxylic acid groups (broad SMARTS) is 1. The normalized spacial score (nSPS) is 22.6. The monoisotopic (exact) mass is 273 g/mol. The SMILES string of the molecule is CCC1CCC(C)N1c1ccc(C)cc1/C=C/C(=O)O. The molecule has 108 valence electrons. The van der Waals surface area contributed by atoms with Crippen LogP contribution in [0.15, 0.2) is 24.3 Å². The molecule has 0 saturated carbocycles. The molecule has 1 aromatic rings. The molecule has 3 nitrogen and oxygen atoms in total. The summed E-state index contributed by atoms with van der Waals surface area (Å²) in [5.74, 6) is -0.904. The first-order valence-electron chi connectivity index (χ1n) is 7.33. The summed E-state index contributed by atoms with van der Waals surface area (Å²) in [7, 11) is 0. The first kappa shape index (κ1) is 14.6. The number of hydrogen-bond donors (Lipinski definition) is 1. The number of aliphatic carboxylic acids is 1. The number of nitrogens with zero attached hydrogens (tertiary/aromatic N) is 1. The first-order chi connectivity index (χ1) is 9.52. The van der Waals surface area contributed by atoms with E-state index in [1.165, 1.54) is 18.9 Å². The fourth-order valence-electron chi connectivity index (χ4n) is 3.11. The summed E-state index contributed by atoms with van der Waals surface area (Å²) >= 11 is 0. The van der Waals surface area contributed by atoms with Crippen LogP contribution in [0.25, 0.3) is 6.08 Å². The maximum atomic E-state index is 10.8. The molecule has 0 spiro atoms. The smallest absolute Gasteiger partial charge is 0.328 e. The third-order valence-corrected chi connectivity index (χ3v) is 4.12. The largest absolute Gasteiger partial charge is 0.478 e. The minimum Gasteiger partial charge on any atom is -0.478 e. The van der Waals surface area contributed by atoms with Crippen molar-refractivity contribution in [3.63, 3.8) is 0 Å². The molecule has 1 heterocycles. The van der Waals surface area contributed by atoms with Crippen molar-refractivity contribution in [3.05, 3.63) is 35.4 Å². The van der Waals surface area contributed by atoms with Gasteiger partial charge in [-0.05, 0) is 56.9 Å². The van der Waals surface area contributed by atoms with E-state index in [0.717, 1.165) is 23.2 Å². The highest BCUT2D eigenvalue weighted by Crippen LogP contribution is 2.35. The molecule has 1 aromatic carbocycles. The van der Waals surface area contributed by atoms with E-state index in [4.69, 9.17) is 5.11 Å². The van der Waals surface area contributed by atoms with Crippen molar-refractivity contribution >= 4 is 17.7 Å². The Labute approximate surface area is 120 Å². The predicted molar refractivity (Wildman–Crippen MR) is 83.1 cm³/mol. The predicted octanol–water partition coefficient (Wildman–Crippen LogP) is 3.86. The van der Waals surface area contributed by atoms with Gasteiger partial charge in [0.1, 0.15) is 0 Å². The van der Waals surface area contributed by atoms with Gasteiger partial charge in [0.2, 0.25) is 0 Å². The Hall–Kier alpha value is -1.77. The van der Waals surface area contributed by atoms with Crippen LogP contribution in [0.3, 0.4) is 0 Å². The molecule has 0 bridgehead atoms. The average Bonchev–Trinajstić information content (AvgIpc) is 2.77. The Morgan fingerprint density at radius 1 is 1.45 bits per heavy atom. The number of anilines is 1. The number of aryl methyl sites for hydroxylation is 1. The fourth-order valence-corrected chi connectivity index (χ4v) is 3.11. The van der Waals surface area contributed by atoms with Gasteiger partial charge < -0.3 is 10.0 Å². The van der Waals surface area contributed by atoms with Gasteiger partial charge >= 0.3 is 5.97 Å². The lowest BCUT2D eigenvalue weighted by Crippen LogP contribution is -2.34. The minimum absolute atomic E-state index is 0.514. The number of rotatable bonds is 4. The van der Waals surface area contributed by atoms with Crippen molar-refractivity contribution in [2.75, 3.05) is 4.90 Å². The van der Waals surface area contributed by atoms with Crippen LogP contribution in [-0.4, -0.2) is 23.2 Å². The van der Waals surface area contributed by atoms with E-state index in [9.17, 15) is 4.79 Å². The van der Waals surface area contributed by atoms with Crippen LogP contribution in [0.4, 0.5) is 5.69 Å². The molecule has 1 aliphatic rings. The molecule has 3 heteroatoms. The lowest BCUT2D eigenvalue weighted by molar-refractivity contribution is -0.131. The van der Waals surface area contributed by atoms with E-state index >= 15 is 0 Å². The summed E-state index contributed by atoms with van der Waals surface area (Å²) < 4.78 is 0. The van der Waals surface area contributed by atoms with E-state index in [-0.39, 0.29) is 0 Å². The number of hydrogen-bond acceptors (Lipinski definition) is 2. The molecule has 0 aliphatic carbocycles. The average molecular weight is 273 g/mol. The van der Waals surface area contributed by atoms with Crippen LogP contribution in [0, 0.1) is 6.92 Å². The van der Waals surface area contributed by atoms with E-state index in [1.807, 2.05) is 6.92 Å². The van der Waals surface area contributed by atoms with Crippen LogP contribution in [0.2, 0.25) is 0 Å². The number of carbonyl (C=O) groups is 1. The Morgan fingerprint density at radius 3 is 2.85 bits per heavy atom. The van der Waals surface area contributed by atoms with E-state index in [1.54, 1.807) is 6.08 Å². The Morgan fingerprint density at radius 2 is 2.20 bits per heavy atom. The lowest BCUT2D eigenvalue weighted by Gasteiger charge is -2.32. The molecule has 0 amide bonds. The van der Waals surface area contributed by atoms with Crippen LogP contribution in [0.1, 0.15) is 44.2 Å². The zero-order chi connectivity index (χ0) is 14.7. The molecular weight excluding hydrogens is 250 g/mol. The first-order valence-corrected chi connectivity index (χ1v) is 7.33. The van der Waals surface area contributed by atoms with Crippen molar-refractivity contribution in [3.8, 4) is 0 Å². The molecule has 20 heavy (non-hydrogen) atoms. The standard InChI is InChI=1S/C17H23NO2/c1-4-15-8-6-13(3)18(15)16-9-5-12(2)11-14(16)7-10-17(19)20/h5,7,9-11,13,15H,4,6,8H2,1-3H3,(H,19,20)/b10-7+. The van der Waals surface area contributed by atoms with Gasteiger partial charge in [-0.1, -0.05) is 18.6 Å². The molecule has 1 aliphatic heterocycles. The second kappa shape index (κ2) is 6.12. The molecule has 1 saturated heterocycles. The van der Waals surface area contributed by atoms with Gasteiger partial charge in [0.15, 0.2) is 0 Å². The molecule has 0 radical (unpaired) electrons. The Bertz CT molecular complexity index is 522. The summed E-state index contributed by atoms with van der Waals surface area (Å²) in [4.78, 5) is 13.2. The molecule has 2 rings (SSSR count). The maximum Gasteiger partial charge on any atom is 0.328 e.